The summed E-state index contributed by atoms with van der Waals surface area (Å²) in [4.78, 5) is 10.1. The summed E-state index contributed by atoms with van der Waals surface area (Å²) >= 11 is 0. The highest BCUT2D eigenvalue weighted by molar-refractivity contribution is 5.25. The summed E-state index contributed by atoms with van der Waals surface area (Å²) in [5.41, 5.74) is 2.63. The van der Waals surface area contributed by atoms with Gasteiger partial charge in [0.05, 0.1) is 13.2 Å². The number of rotatable bonds is 8. The molecule has 0 spiro atoms. The van der Waals surface area contributed by atoms with E-state index in [0.29, 0.717) is 10.8 Å². The molecule has 0 aromatic heterocycles. The Hall–Kier alpha value is -0.380. The first kappa shape index (κ1) is 22.8. The SMILES string of the molecule is COOOC1CCC2(C)C(=CCC3C2CCC2(C)C(CCCCC(C)C)CCC32)C1. The van der Waals surface area contributed by atoms with Crippen LogP contribution in [0.25, 0.3) is 0 Å². The summed E-state index contributed by atoms with van der Waals surface area (Å²) in [5.74, 6) is 4.57. The Morgan fingerprint density at radius 1 is 1.03 bits per heavy atom. The van der Waals surface area contributed by atoms with Gasteiger partial charge >= 0.3 is 0 Å². The third kappa shape index (κ3) is 4.16. The van der Waals surface area contributed by atoms with E-state index in [4.69, 9.17) is 9.93 Å². The molecule has 4 aliphatic rings. The van der Waals surface area contributed by atoms with Crippen molar-refractivity contribution in [1.29, 1.82) is 0 Å². The fourth-order valence-corrected chi connectivity index (χ4v) is 8.33. The van der Waals surface area contributed by atoms with Gasteiger partial charge < -0.3 is 0 Å². The minimum atomic E-state index is 0.149. The van der Waals surface area contributed by atoms with E-state index in [1.54, 1.807) is 5.57 Å². The molecule has 0 amide bonds. The summed E-state index contributed by atoms with van der Waals surface area (Å²) in [7, 11) is 1.51. The molecule has 30 heavy (non-hydrogen) atoms. The fraction of sp³-hybridized carbons (Fsp3) is 0.926. The zero-order valence-electron chi connectivity index (χ0n) is 20.3. The monoisotopic (exact) mass is 418 g/mol. The molecule has 4 aliphatic carbocycles. The number of hydrogen-bond donors (Lipinski definition) is 0. The van der Waals surface area contributed by atoms with Gasteiger partial charge in [0.1, 0.15) is 0 Å². The molecule has 0 saturated heterocycles. The predicted octanol–water partition coefficient (Wildman–Crippen LogP) is 7.66. The molecule has 0 aromatic carbocycles. The average Bonchev–Trinajstić information content (AvgIpc) is 3.05. The third-order valence-corrected chi connectivity index (χ3v) is 10.1. The molecule has 3 saturated carbocycles. The van der Waals surface area contributed by atoms with E-state index in [1.807, 2.05) is 0 Å². The highest BCUT2D eigenvalue weighted by Crippen LogP contribution is 2.66. The molecule has 4 rings (SSSR count). The maximum atomic E-state index is 5.46. The van der Waals surface area contributed by atoms with E-state index in [9.17, 15) is 0 Å². The van der Waals surface area contributed by atoms with Crippen molar-refractivity contribution in [1.82, 2.24) is 0 Å². The number of fused-ring (bicyclic) bond motifs is 5. The van der Waals surface area contributed by atoms with Crippen molar-refractivity contribution in [2.45, 2.75) is 111 Å². The van der Waals surface area contributed by atoms with Gasteiger partial charge in [-0.2, -0.15) is 0 Å². The van der Waals surface area contributed by atoms with Gasteiger partial charge in [-0.1, -0.05) is 63.6 Å². The van der Waals surface area contributed by atoms with Crippen LogP contribution in [0.2, 0.25) is 0 Å². The standard InChI is InChI=1S/C27H46O3/c1-19(2)8-6-7-9-20-11-13-24-23-12-10-21-18-22(29-30-28-5)14-16-27(21,4)25(23)15-17-26(20,24)3/h10,19-20,22-25H,6-9,11-18H2,1-5H3. The number of allylic oxidation sites excluding steroid dienone is 1. The molecule has 0 aromatic rings. The van der Waals surface area contributed by atoms with Crippen molar-refractivity contribution in [2.24, 2.45) is 40.4 Å². The van der Waals surface area contributed by atoms with Crippen molar-refractivity contribution in [3.63, 3.8) is 0 Å². The summed E-state index contributed by atoms with van der Waals surface area (Å²) in [6.45, 7) is 9.99. The Bertz CT molecular complexity index is 613. The molecule has 7 unspecified atom stereocenters. The zero-order chi connectivity index (χ0) is 21.4. The summed E-state index contributed by atoms with van der Waals surface area (Å²) in [6.07, 6.45) is 19.0. The second kappa shape index (κ2) is 9.24. The first-order chi connectivity index (χ1) is 14.4. The lowest BCUT2D eigenvalue weighted by molar-refractivity contribution is -0.518. The lowest BCUT2D eigenvalue weighted by Gasteiger charge is -2.58. The van der Waals surface area contributed by atoms with Crippen LogP contribution in [0.15, 0.2) is 11.6 Å². The van der Waals surface area contributed by atoms with Gasteiger partial charge in [-0.05, 0) is 98.2 Å². The first-order valence-corrected chi connectivity index (χ1v) is 12.9. The maximum absolute atomic E-state index is 5.46. The van der Waals surface area contributed by atoms with Crippen LogP contribution in [0.1, 0.15) is 105 Å². The van der Waals surface area contributed by atoms with Gasteiger partial charge in [0, 0.05) is 0 Å². The second-order valence-electron chi connectivity index (χ2n) is 12.0. The molecular weight excluding hydrogens is 372 g/mol. The molecule has 0 N–H and O–H groups in total. The summed E-state index contributed by atoms with van der Waals surface area (Å²) in [6, 6.07) is 0. The lowest BCUT2D eigenvalue weighted by Crippen LogP contribution is -2.50. The Kier molecular flexibility index (Phi) is 7.02. The van der Waals surface area contributed by atoms with E-state index in [1.165, 1.54) is 71.3 Å². The van der Waals surface area contributed by atoms with E-state index in [2.05, 4.69) is 38.7 Å². The number of unbranched alkanes of at least 4 members (excludes halogenated alkanes) is 1. The van der Waals surface area contributed by atoms with Crippen molar-refractivity contribution < 1.29 is 14.8 Å². The Morgan fingerprint density at radius 2 is 1.87 bits per heavy atom. The van der Waals surface area contributed by atoms with E-state index in [0.717, 1.165) is 42.4 Å². The van der Waals surface area contributed by atoms with E-state index >= 15 is 0 Å². The number of hydrogen-bond acceptors (Lipinski definition) is 3. The highest BCUT2D eigenvalue weighted by Gasteiger charge is 2.58. The van der Waals surface area contributed by atoms with E-state index in [-0.39, 0.29) is 6.10 Å². The van der Waals surface area contributed by atoms with Gasteiger partial charge in [0.25, 0.3) is 0 Å². The van der Waals surface area contributed by atoms with Crippen LogP contribution >= 0.6 is 0 Å². The molecule has 0 radical (unpaired) electrons. The topological polar surface area (TPSA) is 27.7 Å². The second-order valence-corrected chi connectivity index (χ2v) is 12.0. The molecule has 172 valence electrons. The molecule has 3 fully saturated rings. The Balaban J connectivity index is 1.42. The molecule has 0 aliphatic heterocycles. The smallest absolute Gasteiger partial charge is 0.0998 e. The maximum Gasteiger partial charge on any atom is 0.0998 e. The van der Waals surface area contributed by atoms with Crippen molar-refractivity contribution in [2.75, 3.05) is 7.11 Å². The molecule has 0 bridgehead atoms. The zero-order valence-corrected chi connectivity index (χ0v) is 20.3. The van der Waals surface area contributed by atoms with Crippen molar-refractivity contribution in [3.05, 3.63) is 11.6 Å². The largest absolute Gasteiger partial charge is 0.210 e. The quantitative estimate of drug-likeness (QED) is 0.175. The van der Waals surface area contributed by atoms with Gasteiger partial charge in [-0.15, -0.1) is 0 Å². The van der Waals surface area contributed by atoms with Crippen LogP contribution in [0, 0.1) is 40.4 Å². The third-order valence-electron chi connectivity index (χ3n) is 10.1. The van der Waals surface area contributed by atoms with Crippen LogP contribution in [0.5, 0.6) is 0 Å². The predicted molar refractivity (Wildman–Crippen MR) is 121 cm³/mol. The van der Waals surface area contributed by atoms with Crippen LogP contribution < -0.4 is 0 Å². The molecule has 3 heteroatoms. The van der Waals surface area contributed by atoms with Crippen molar-refractivity contribution >= 4 is 0 Å². The van der Waals surface area contributed by atoms with Crippen molar-refractivity contribution in [3.8, 4) is 0 Å². The van der Waals surface area contributed by atoms with Gasteiger partial charge in [0.2, 0.25) is 0 Å². The average molecular weight is 419 g/mol. The van der Waals surface area contributed by atoms with Crippen LogP contribution in [0.3, 0.4) is 0 Å². The molecular formula is C27H46O3. The first-order valence-electron chi connectivity index (χ1n) is 12.9. The minimum absolute atomic E-state index is 0.149. The van der Waals surface area contributed by atoms with Gasteiger partial charge in [0.15, 0.2) is 0 Å². The van der Waals surface area contributed by atoms with Crippen LogP contribution in [-0.4, -0.2) is 13.2 Å². The summed E-state index contributed by atoms with van der Waals surface area (Å²) < 4.78 is 0. The Labute approximate surface area is 185 Å². The van der Waals surface area contributed by atoms with Crippen LogP contribution in [0.4, 0.5) is 0 Å². The molecule has 7 atom stereocenters. The normalized spacial score (nSPS) is 43.1. The Morgan fingerprint density at radius 3 is 2.63 bits per heavy atom. The molecule has 0 heterocycles. The van der Waals surface area contributed by atoms with E-state index < -0.39 is 0 Å². The van der Waals surface area contributed by atoms with Crippen LogP contribution in [-0.2, 0) is 14.8 Å². The van der Waals surface area contributed by atoms with Gasteiger partial charge in [-0.25, -0.2) is 9.78 Å². The fourth-order valence-electron chi connectivity index (χ4n) is 8.33. The lowest BCUT2D eigenvalue weighted by atomic mass is 9.47. The minimum Gasteiger partial charge on any atom is -0.210 e. The van der Waals surface area contributed by atoms with Gasteiger partial charge in [-0.3, -0.25) is 0 Å². The molecule has 3 nitrogen and oxygen atoms in total. The summed E-state index contributed by atoms with van der Waals surface area (Å²) in [5, 5.41) is 4.80. The highest BCUT2D eigenvalue weighted by atomic mass is 17.5.